The maximum atomic E-state index is 12.9. The van der Waals surface area contributed by atoms with E-state index in [-0.39, 0.29) is 11.9 Å². The lowest BCUT2D eigenvalue weighted by Gasteiger charge is -2.37. The number of rotatable bonds is 5. The summed E-state index contributed by atoms with van der Waals surface area (Å²) in [5, 5.41) is 0.992. The normalized spacial score (nSPS) is 16.2. The standard InChI is InChI=1S/C23H28N4OS/c1-17-8-4-6-10-20(17)27-14-12-26(13-15-27)16-22(28)25(3)18(2)23-24-19-9-5-7-11-21(19)29-23/h4-11,18H,12-16H2,1-3H3/t18-/m1/s1. The van der Waals surface area contributed by atoms with Crippen LogP contribution in [0.1, 0.15) is 23.5 Å². The largest absolute Gasteiger partial charge is 0.369 e. The minimum atomic E-state index is -0.0202. The Morgan fingerprint density at radius 3 is 2.52 bits per heavy atom. The molecule has 29 heavy (non-hydrogen) atoms. The molecule has 1 fully saturated rings. The van der Waals surface area contributed by atoms with Gasteiger partial charge in [-0.25, -0.2) is 4.98 Å². The Balaban J connectivity index is 1.34. The van der Waals surface area contributed by atoms with Crippen molar-refractivity contribution < 1.29 is 4.79 Å². The molecule has 0 aliphatic carbocycles. The molecular formula is C23H28N4OS. The fourth-order valence-corrected chi connectivity index (χ4v) is 4.88. The molecule has 1 aliphatic rings. The fourth-order valence-electron chi connectivity index (χ4n) is 3.82. The molecule has 0 bridgehead atoms. The second-order valence-electron chi connectivity index (χ2n) is 7.75. The highest BCUT2D eigenvalue weighted by molar-refractivity contribution is 7.18. The summed E-state index contributed by atoms with van der Waals surface area (Å²) >= 11 is 1.67. The third-order valence-electron chi connectivity index (χ3n) is 5.83. The molecule has 1 saturated heterocycles. The number of aryl methyl sites for hydroxylation is 1. The van der Waals surface area contributed by atoms with Gasteiger partial charge >= 0.3 is 0 Å². The molecule has 1 aromatic heterocycles. The summed E-state index contributed by atoms with van der Waals surface area (Å²) in [5.41, 5.74) is 3.62. The fraction of sp³-hybridized carbons (Fsp3) is 0.391. The molecule has 6 heteroatoms. The first-order valence-corrected chi connectivity index (χ1v) is 11.0. The third-order valence-corrected chi connectivity index (χ3v) is 7.04. The number of nitrogens with zero attached hydrogens (tertiary/aromatic N) is 4. The Labute approximate surface area is 176 Å². The molecule has 1 aliphatic heterocycles. The van der Waals surface area contributed by atoms with E-state index in [2.05, 4.69) is 54.0 Å². The number of piperazine rings is 1. The number of fused-ring (bicyclic) bond motifs is 1. The van der Waals surface area contributed by atoms with Gasteiger partial charge in [0, 0.05) is 38.9 Å². The zero-order chi connectivity index (χ0) is 20.4. The van der Waals surface area contributed by atoms with E-state index in [0.717, 1.165) is 36.7 Å². The number of hydrogen-bond donors (Lipinski definition) is 0. The number of aromatic nitrogens is 1. The summed E-state index contributed by atoms with van der Waals surface area (Å²) < 4.78 is 1.17. The van der Waals surface area contributed by atoms with Crippen LogP contribution in [-0.2, 0) is 4.79 Å². The van der Waals surface area contributed by atoms with Crippen LogP contribution in [0.3, 0.4) is 0 Å². The van der Waals surface area contributed by atoms with Crippen LogP contribution in [0.5, 0.6) is 0 Å². The number of hydrogen-bond acceptors (Lipinski definition) is 5. The Hall–Kier alpha value is -2.44. The van der Waals surface area contributed by atoms with Crippen molar-refractivity contribution in [1.82, 2.24) is 14.8 Å². The van der Waals surface area contributed by atoms with Crippen molar-refractivity contribution in [3.8, 4) is 0 Å². The number of carbonyl (C=O) groups excluding carboxylic acids is 1. The first kappa shape index (κ1) is 19.9. The summed E-state index contributed by atoms with van der Waals surface area (Å²) in [5.74, 6) is 0.154. The number of thiazole rings is 1. The Bertz CT molecular complexity index is 960. The highest BCUT2D eigenvalue weighted by Crippen LogP contribution is 2.29. The molecule has 0 spiro atoms. The van der Waals surface area contributed by atoms with Crippen LogP contribution in [0.25, 0.3) is 10.2 Å². The lowest BCUT2D eigenvalue weighted by atomic mass is 10.1. The Morgan fingerprint density at radius 1 is 1.10 bits per heavy atom. The first-order chi connectivity index (χ1) is 14.0. The van der Waals surface area contributed by atoms with Gasteiger partial charge in [0.15, 0.2) is 0 Å². The van der Waals surface area contributed by atoms with Gasteiger partial charge in [-0.3, -0.25) is 9.69 Å². The maximum Gasteiger partial charge on any atom is 0.237 e. The van der Waals surface area contributed by atoms with Gasteiger partial charge in [0.05, 0.1) is 22.8 Å². The first-order valence-electron chi connectivity index (χ1n) is 10.2. The van der Waals surface area contributed by atoms with Gasteiger partial charge < -0.3 is 9.80 Å². The van der Waals surface area contributed by atoms with E-state index in [0.29, 0.717) is 6.54 Å². The zero-order valence-electron chi connectivity index (χ0n) is 17.3. The highest BCUT2D eigenvalue weighted by atomic mass is 32.1. The third kappa shape index (κ3) is 4.28. The second-order valence-corrected chi connectivity index (χ2v) is 8.81. The number of benzene rings is 2. The van der Waals surface area contributed by atoms with E-state index in [1.807, 2.05) is 30.1 Å². The molecule has 1 atom stereocenters. The van der Waals surface area contributed by atoms with Crippen molar-refractivity contribution in [1.29, 1.82) is 0 Å². The summed E-state index contributed by atoms with van der Waals surface area (Å²) in [4.78, 5) is 24.1. The van der Waals surface area contributed by atoms with E-state index in [9.17, 15) is 4.79 Å². The van der Waals surface area contributed by atoms with Crippen LogP contribution < -0.4 is 4.90 Å². The van der Waals surface area contributed by atoms with Crippen molar-refractivity contribution in [3.63, 3.8) is 0 Å². The predicted molar refractivity (Wildman–Crippen MR) is 121 cm³/mol. The average molecular weight is 409 g/mol. The summed E-state index contributed by atoms with van der Waals surface area (Å²) in [6.45, 7) is 8.40. The highest BCUT2D eigenvalue weighted by Gasteiger charge is 2.25. The number of amides is 1. The molecule has 0 N–H and O–H groups in total. The molecule has 0 unspecified atom stereocenters. The lowest BCUT2D eigenvalue weighted by Crippen LogP contribution is -2.50. The smallest absolute Gasteiger partial charge is 0.237 e. The summed E-state index contributed by atoms with van der Waals surface area (Å²) in [6, 6.07) is 16.6. The molecule has 2 aromatic carbocycles. The Kier molecular flexibility index (Phi) is 5.83. The van der Waals surface area contributed by atoms with Gasteiger partial charge in [0.25, 0.3) is 0 Å². The van der Waals surface area contributed by atoms with Crippen LogP contribution in [0.2, 0.25) is 0 Å². The molecule has 4 rings (SSSR count). The molecule has 0 saturated carbocycles. The van der Waals surface area contributed by atoms with Gasteiger partial charge in [0.1, 0.15) is 5.01 Å². The van der Waals surface area contributed by atoms with E-state index in [4.69, 9.17) is 4.98 Å². The average Bonchev–Trinajstić information content (AvgIpc) is 3.18. The van der Waals surface area contributed by atoms with Crippen molar-refractivity contribution in [2.45, 2.75) is 19.9 Å². The van der Waals surface area contributed by atoms with Crippen LogP contribution in [-0.4, -0.2) is 60.5 Å². The minimum Gasteiger partial charge on any atom is -0.369 e. The van der Waals surface area contributed by atoms with Gasteiger partial charge in [-0.1, -0.05) is 30.3 Å². The van der Waals surface area contributed by atoms with E-state index in [1.54, 1.807) is 11.3 Å². The molecule has 3 aromatic rings. The number of carbonyl (C=O) groups is 1. The number of likely N-dealkylation sites (N-methyl/N-ethyl adjacent to an activating group) is 1. The monoisotopic (exact) mass is 408 g/mol. The van der Waals surface area contributed by atoms with Crippen LogP contribution in [0.4, 0.5) is 5.69 Å². The van der Waals surface area contributed by atoms with Crippen molar-refractivity contribution in [2.75, 3.05) is 44.7 Å². The van der Waals surface area contributed by atoms with E-state index >= 15 is 0 Å². The maximum absolute atomic E-state index is 12.9. The Morgan fingerprint density at radius 2 is 1.79 bits per heavy atom. The van der Waals surface area contributed by atoms with Crippen LogP contribution in [0, 0.1) is 6.92 Å². The van der Waals surface area contributed by atoms with E-state index in [1.165, 1.54) is 16.0 Å². The second kappa shape index (κ2) is 8.51. The summed E-state index contributed by atoms with van der Waals surface area (Å²) in [6.07, 6.45) is 0. The molecule has 0 radical (unpaired) electrons. The van der Waals surface area contributed by atoms with Crippen molar-refractivity contribution in [3.05, 3.63) is 59.1 Å². The predicted octanol–water partition coefficient (Wildman–Crippen LogP) is 3.95. The number of para-hydroxylation sites is 2. The molecule has 2 heterocycles. The van der Waals surface area contributed by atoms with Gasteiger partial charge in [-0.15, -0.1) is 11.3 Å². The quantitative estimate of drug-likeness (QED) is 0.641. The lowest BCUT2D eigenvalue weighted by molar-refractivity contribution is -0.133. The zero-order valence-corrected chi connectivity index (χ0v) is 18.2. The molecule has 1 amide bonds. The van der Waals surface area contributed by atoms with Gasteiger partial charge in [-0.2, -0.15) is 0 Å². The summed E-state index contributed by atoms with van der Waals surface area (Å²) in [7, 11) is 1.89. The van der Waals surface area contributed by atoms with Crippen LogP contribution in [0.15, 0.2) is 48.5 Å². The van der Waals surface area contributed by atoms with Crippen molar-refractivity contribution in [2.24, 2.45) is 0 Å². The van der Waals surface area contributed by atoms with E-state index < -0.39 is 0 Å². The topological polar surface area (TPSA) is 39.7 Å². The van der Waals surface area contributed by atoms with Crippen LogP contribution >= 0.6 is 11.3 Å². The SMILES string of the molecule is Cc1ccccc1N1CCN(CC(=O)N(C)[C@H](C)c2nc3ccccc3s2)CC1. The van der Waals surface area contributed by atoms with Crippen molar-refractivity contribution >= 4 is 33.1 Å². The molecule has 152 valence electrons. The molecule has 5 nitrogen and oxygen atoms in total. The van der Waals surface area contributed by atoms with Gasteiger partial charge in [-0.05, 0) is 37.6 Å². The van der Waals surface area contributed by atoms with Gasteiger partial charge in [0.2, 0.25) is 5.91 Å². The molecular weight excluding hydrogens is 380 g/mol. The minimum absolute atomic E-state index is 0.0202. The number of anilines is 1.